The normalized spacial score (nSPS) is 14.6. The molecule has 3 heterocycles. The Labute approximate surface area is 153 Å². The highest BCUT2D eigenvalue weighted by Crippen LogP contribution is 2.30. The van der Waals surface area contributed by atoms with E-state index in [0.717, 1.165) is 28.1 Å². The van der Waals surface area contributed by atoms with E-state index in [9.17, 15) is 0 Å². The summed E-state index contributed by atoms with van der Waals surface area (Å²) in [7, 11) is 0. The van der Waals surface area contributed by atoms with E-state index in [2.05, 4.69) is 48.7 Å². The first-order valence-corrected chi connectivity index (χ1v) is 9.33. The lowest BCUT2D eigenvalue weighted by Crippen LogP contribution is -2.44. The molecular weight excluding hydrogens is 384 g/mol. The van der Waals surface area contributed by atoms with Crippen molar-refractivity contribution in [2.75, 3.05) is 23.1 Å². The van der Waals surface area contributed by atoms with Crippen molar-refractivity contribution >= 4 is 44.4 Å². The predicted molar refractivity (Wildman–Crippen MR) is 104 cm³/mol. The van der Waals surface area contributed by atoms with Crippen molar-refractivity contribution in [3.05, 3.63) is 75.7 Å². The maximum atomic E-state index is 4.86. The van der Waals surface area contributed by atoms with E-state index in [0.29, 0.717) is 6.67 Å². The fourth-order valence-electron chi connectivity index (χ4n) is 2.67. The van der Waals surface area contributed by atoms with Crippen LogP contribution in [0, 0.1) is 0 Å². The Hall–Kier alpha value is -2.18. The molecule has 3 aromatic rings. The molecule has 24 heavy (non-hydrogen) atoms. The van der Waals surface area contributed by atoms with E-state index < -0.39 is 0 Å². The highest BCUT2D eigenvalue weighted by molar-refractivity contribution is 9.10. The fourth-order valence-corrected chi connectivity index (χ4v) is 3.82. The molecule has 6 heteroatoms. The topological polar surface area (TPSA) is 31.7 Å². The summed E-state index contributed by atoms with van der Waals surface area (Å²) in [5.74, 6) is 0. The first-order chi connectivity index (χ1) is 11.8. The molecule has 0 aliphatic carbocycles. The van der Waals surface area contributed by atoms with Gasteiger partial charge in [-0.05, 0) is 51.6 Å². The fraction of sp³-hybridized carbons (Fsp3) is 0.111. The molecule has 0 N–H and O–H groups in total. The van der Waals surface area contributed by atoms with Crippen LogP contribution < -0.4 is 9.91 Å². The van der Waals surface area contributed by atoms with Crippen LogP contribution in [0.4, 0.5) is 11.4 Å². The first kappa shape index (κ1) is 15.4. The quantitative estimate of drug-likeness (QED) is 0.646. The Morgan fingerprint density at radius 2 is 1.92 bits per heavy atom. The summed E-state index contributed by atoms with van der Waals surface area (Å²) in [6.45, 7) is 1.45. The molecule has 0 atom stereocenters. The van der Waals surface area contributed by atoms with Crippen LogP contribution in [0.1, 0.15) is 5.69 Å². The van der Waals surface area contributed by atoms with Crippen LogP contribution in [-0.2, 0) is 0 Å². The van der Waals surface area contributed by atoms with Gasteiger partial charge in [-0.15, -0.1) is 0 Å². The van der Waals surface area contributed by atoms with Crippen molar-refractivity contribution in [1.82, 2.24) is 4.98 Å². The molecular formula is C18H15BrN4S. The number of hydrogen-bond donors (Lipinski definition) is 0. The maximum Gasteiger partial charge on any atom is 0.113 e. The predicted octanol–water partition coefficient (Wildman–Crippen LogP) is 4.59. The Bertz CT molecular complexity index is 848. The molecule has 4 rings (SSSR count). The number of hydrazone groups is 1. The molecule has 0 saturated carbocycles. The van der Waals surface area contributed by atoms with E-state index >= 15 is 0 Å². The minimum atomic E-state index is 0.704. The highest BCUT2D eigenvalue weighted by atomic mass is 79.9. The molecule has 0 unspecified atom stereocenters. The zero-order valence-electron chi connectivity index (χ0n) is 12.8. The molecule has 0 amide bonds. The van der Waals surface area contributed by atoms with Gasteiger partial charge in [0.05, 0.1) is 17.9 Å². The van der Waals surface area contributed by atoms with Crippen molar-refractivity contribution in [2.45, 2.75) is 0 Å². The Kier molecular flexibility index (Phi) is 4.32. The van der Waals surface area contributed by atoms with Gasteiger partial charge in [0.25, 0.3) is 0 Å². The number of thiophene rings is 1. The van der Waals surface area contributed by atoms with Crippen molar-refractivity contribution < 1.29 is 0 Å². The average molecular weight is 399 g/mol. The first-order valence-electron chi connectivity index (χ1n) is 7.59. The second kappa shape index (κ2) is 6.75. The minimum Gasteiger partial charge on any atom is -0.345 e. The van der Waals surface area contributed by atoms with Crippen LogP contribution in [0.5, 0.6) is 0 Å². The van der Waals surface area contributed by atoms with E-state index in [-0.39, 0.29) is 0 Å². The van der Waals surface area contributed by atoms with Gasteiger partial charge in [0.15, 0.2) is 0 Å². The summed E-state index contributed by atoms with van der Waals surface area (Å²) in [4.78, 5) is 6.79. The largest absolute Gasteiger partial charge is 0.345 e. The molecule has 0 bridgehead atoms. The second-order valence-electron chi connectivity index (χ2n) is 5.43. The summed E-state index contributed by atoms with van der Waals surface area (Å²) in [5, 5.41) is 11.2. The maximum absolute atomic E-state index is 4.86. The number of halogens is 1. The van der Waals surface area contributed by atoms with Gasteiger partial charge >= 0.3 is 0 Å². The molecule has 120 valence electrons. The van der Waals surface area contributed by atoms with Crippen molar-refractivity contribution in [3.8, 4) is 0 Å². The third-order valence-electron chi connectivity index (χ3n) is 3.85. The minimum absolute atomic E-state index is 0.704. The molecule has 0 radical (unpaired) electrons. The number of pyridine rings is 1. The Morgan fingerprint density at radius 3 is 2.67 bits per heavy atom. The van der Waals surface area contributed by atoms with Gasteiger partial charge < -0.3 is 4.90 Å². The number of anilines is 2. The van der Waals surface area contributed by atoms with Crippen LogP contribution in [0.2, 0.25) is 0 Å². The summed E-state index contributed by atoms with van der Waals surface area (Å²) >= 11 is 5.34. The van der Waals surface area contributed by atoms with Gasteiger partial charge in [0.1, 0.15) is 12.4 Å². The standard InChI is InChI=1S/C18H15BrN4S/c19-15-5-1-2-7-18(15)23-13-22(14-8-10-24-12-14)11-17(21-23)16-6-3-4-9-20-16/h1-10,12H,11,13H2. The molecule has 1 aromatic carbocycles. The van der Waals surface area contributed by atoms with E-state index in [1.54, 1.807) is 11.3 Å². The van der Waals surface area contributed by atoms with Crippen LogP contribution in [0.3, 0.4) is 0 Å². The SMILES string of the molecule is Brc1ccccc1N1CN(c2ccsc2)CC(c2ccccn2)=N1. The van der Waals surface area contributed by atoms with Gasteiger partial charge in [-0.3, -0.25) is 4.98 Å². The number of nitrogens with zero attached hydrogens (tertiary/aromatic N) is 4. The van der Waals surface area contributed by atoms with Crippen LogP contribution in [0.15, 0.2) is 75.1 Å². The molecule has 0 spiro atoms. The summed E-state index contributed by atoms with van der Waals surface area (Å²) in [6.07, 6.45) is 1.81. The molecule has 4 nitrogen and oxygen atoms in total. The molecule has 2 aromatic heterocycles. The van der Waals surface area contributed by atoms with E-state index in [1.807, 2.05) is 47.6 Å². The number of hydrogen-bond acceptors (Lipinski definition) is 5. The van der Waals surface area contributed by atoms with E-state index in [1.165, 1.54) is 5.69 Å². The van der Waals surface area contributed by atoms with Gasteiger partial charge in [-0.2, -0.15) is 16.4 Å². The molecule has 0 saturated heterocycles. The molecule has 1 aliphatic rings. The van der Waals surface area contributed by atoms with Crippen LogP contribution in [-0.4, -0.2) is 23.9 Å². The Balaban J connectivity index is 1.76. The van der Waals surface area contributed by atoms with Crippen LogP contribution in [0.25, 0.3) is 0 Å². The zero-order chi connectivity index (χ0) is 16.4. The zero-order valence-corrected chi connectivity index (χ0v) is 15.2. The monoisotopic (exact) mass is 398 g/mol. The third-order valence-corrected chi connectivity index (χ3v) is 5.19. The third kappa shape index (κ3) is 3.07. The second-order valence-corrected chi connectivity index (χ2v) is 7.07. The van der Waals surface area contributed by atoms with Gasteiger partial charge in [0.2, 0.25) is 0 Å². The van der Waals surface area contributed by atoms with Crippen molar-refractivity contribution in [2.24, 2.45) is 5.10 Å². The summed E-state index contributed by atoms with van der Waals surface area (Å²) in [6, 6.07) is 16.2. The number of aromatic nitrogens is 1. The van der Waals surface area contributed by atoms with Crippen molar-refractivity contribution in [3.63, 3.8) is 0 Å². The number of rotatable bonds is 3. The van der Waals surface area contributed by atoms with Crippen LogP contribution >= 0.6 is 27.3 Å². The average Bonchev–Trinajstić information content (AvgIpc) is 3.17. The smallest absolute Gasteiger partial charge is 0.113 e. The molecule has 1 aliphatic heterocycles. The van der Waals surface area contributed by atoms with Crippen molar-refractivity contribution in [1.29, 1.82) is 0 Å². The van der Waals surface area contributed by atoms with Gasteiger partial charge in [0, 0.05) is 21.7 Å². The lowest BCUT2D eigenvalue weighted by Gasteiger charge is -2.35. The lowest BCUT2D eigenvalue weighted by atomic mass is 10.2. The Morgan fingerprint density at radius 1 is 1.04 bits per heavy atom. The van der Waals surface area contributed by atoms with E-state index in [4.69, 9.17) is 5.10 Å². The van der Waals surface area contributed by atoms with Gasteiger partial charge in [-0.25, -0.2) is 5.01 Å². The number of para-hydroxylation sites is 1. The van der Waals surface area contributed by atoms with Gasteiger partial charge in [-0.1, -0.05) is 18.2 Å². The summed E-state index contributed by atoms with van der Waals surface area (Å²) < 4.78 is 1.03. The highest BCUT2D eigenvalue weighted by Gasteiger charge is 2.23. The molecule has 0 fully saturated rings. The summed E-state index contributed by atoms with van der Waals surface area (Å²) in [5.41, 5.74) is 4.13. The lowest BCUT2D eigenvalue weighted by molar-refractivity contribution is 0.756. The number of benzene rings is 1.